The largest absolute Gasteiger partial charge is 0.467 e. The molecule has 112 valence electrons. The maximum atomic E-state index is 11.6. The van der Waals surface area contributed by atoms with E-state index in [-0.39, 0.29) is 5.97 Å². The lowest BCUT2D eigenvalue weighted by molar-refractivity contribution is 0.0596. The van der Waals surface area contributed by atoms with E-state index in [9.17, 15) is 4.79 Å². The van der Waals surface area contributed by atoms with E-state index in [1.54, 1.807) is 6.07 Å². The predicted octanol–water partition coefficient (Wildman–Crippen LogP) is 0.403. The van der Waals surface area contributed by atoms with Crippen molar-refractivity contribution in [2.75, 3.05) is 53.4 Å². The average Bonchev–Trinajstić information content (AvgIpc) is 2.93. The molecule has 0 spiro atoms. The summed E-state index contributed by atoms with van der Waals surface area (Å²) >= 11 is 0. The van der Waals surface area contributed by atoms with Gasteiger partial charge in [0.05, 0.1) is 19.9 Å². The first kappa shape index (κ1) is 15.0. The van der Waals surface area contributed by atoms with Crippen molar-refractivity contribution in [3.05, 3.63) is 23.7 Å². The van der Waals surface area contributed by atoms with Crippen molar-refractivity contribution in [2.45, 2.75) is 6.54 Å². The van der Waals surface area contributed by atoms with Gasteiger partial charge >= 0.3 is 5.97 Å². The number of nitrogens with one attached hydrogen (secondary N) is 1. The first-order chi connectivity index (χ1) is 9.70. The zero-order valence-electron chi connectivity index (χ0n) is 12.2. The molecule has 0 aromatic carbocycles. The highest BCUT2D eigenvalue weighted by Gasteiger charge is 2.17. The van der Waals surface area contributed by atoms with Gasteiger partial charge in [-0.05, 0) is 13.1 Å². The van der Waals surface area contributed by atoms with Crippen molar-refractivity contribution in [1.82, 2.24) is 15.1 Å². The van der Waals surface area contributed by atoms with E-state index in [0.29, 0.717) is 17.9 Å². The molecule has 1 fully saturated rings. The zero-order valence-corrected chi connectivity index (χ0v) is 12.2. The molecule has 2 rings (SSSR count). The third-order valence-corrected chi connectivity index (χ3v) is 3.57. The molecule has 0 amide bonds. The molecule has 0 atom stereocenters. The lowest BCUT2D eigenvalue weighted by Gasteiger charge is -2.28. The van der Waals surface area contributed by atoms with Gasteiger partial charge in [0, 0.05) is 39.3 Å². The van der Waals surface area contributed by atoms with E-state index < -0.39 is 0 Å². The number of carbonyl (C=O) groups is 1. The number of piperazine rings is 1. The molecule has 0 unspecified atom stereocenters. The Hall–Kier alpha value is -1.37. The van der Waals surface area contributed by atoms with Crippen LogP contribution in [0.15, 0.2) is 16.7 Å². The Morgan fingerprint density at radius 3 is 2.95 bits per heavy atom. The van der Waals surface area contributed by atoms with Crippen LogP contribution in [0, 0.1) is 0 Å². The summed E-state index contributed by atoms with van der Waals surface area (Å²) in [6.45, 7) is 6.92. The number of esters is 1. The Labute approximate surface area is 119 Å². The molecular formula is C14H23N3O3. The number of ether oxygens (including phenoxy) is 1. The molecule has 20 heavy (non-hydrogen) atoms. The maximum Gasteiger partial charge on any atom is 0.341 e. The SMILES string of the molecule is COC(=O)c1ccoc1CN(C)CCN1CCNCC1. The van der Waals surface area contributed by atoms with Gasteiger partial charge in [-0.15, -0.1) is 0 Å². The van der Waals surface area contributed by atoms with Gasteiger partial charge in [-0.25, -0.2) is 4.79 Å². The summed E-state index contributed by atoms with van der Waals surface area (Å²) < 4.78 is 10.1. The molecule has 1 aromatic heterocycles. The van der Waals surface area contributed by atoms with Gasteiger partial charge in [-0.1, -0.05) is 0 Å². The Bertz CT molecular complexity index is 427. The van der Waals surface area contributed by atoms with Crippen LogP contribution in [0.25, 0.3) is 0 Å². The minimum absolute atomic E-state index is 0.343. The zero-order chi connectivity index (χ0) is 14.4. The van der Waals surface area contributed by atoms with Crippen molar-refractivity contribution in [1.29, 1.82) is 0 Å². The number of carbonyl (C=O) groups excluding carboxylic acids is 1. The van der Waals surface area contributed by atoms with E-state index in [1.807, 2.05) is 7.05 Å². The molecule has 0 saturated carbocycles. The first-order valence-electron chi connectivity index (χ1n) is 6.97. The van der Waals surface area contributed by atoms with Gasteiger partial charge in [0.15, 0.2) is 0 Å². The van der Waals surface area contributed by atoms with Crippen LogP contribution in [0.1, 0.15) is 16.1 Å². The summed E-state index contributed by atoms with van der Waals surface area (Å²) in [5.41, 5.74) is 0.515. The highest BCUT2D eigenvalue weighted by molar-refractivity contribution is 5.90. The molecule has 0 radical (unpaired) electrons. The summed E-state index contributed by atoms with van der Waals surface area (Å²) in [4.78, 5) is 16.2. The monoisotopic (exact) mass is 281 g/mol. The van der Waals surface area contributed by atoms with Crippen molar-refractivity contribution < 1.29 is 13.9 Å². The average molecular weight is 281 g/mol. The number of rotatable bonds is 6. The molecule has 0 bridgehead atoms. The highest BCUT2D eigenvalue weighted by Crippen LogP contribution is 2.13. The van der Waals surface area contributed by atoms with Crippen molar-refractivity contribution in [2.24, 2.45) is 0 Å². The van der Waals surface area contributed by atoms with Gasteiger partial charge < -0.3 is 14.5 Å². The van der Waals surface area contributed by atoms with Crippen molar-refractivity contribution in [3.63, 3.8) is 0 Å². The summed E-state index contributed by atoms with van der Waals surface area (Å²) in [5, 5.41) is 3.34. The highest BCUT2D eigenvalue weighted by atomic mass is 16.5. The Kier molecular flexibility index (Phi) is 5.58. The van der Waals surface area contributed by atoms with Crippen LogP contribution in [0.3, 0.4) is 0 Å². The summed E-state index contributed by atoms with van der Waals surface area (Å²) in [6.07, 6.45) is 1.53. The molecule has 0 aliphatic carbocycles. The second kappa shape index (κ2) is 7.42. The Morgan fingerprint density at radius 2 is 2.25 bits per heavy atom. The molecule has 6 nitrogen and oxygen atoms in total. The number of hydrogen-bond acceptors (Lipinski definition) is 6. The van der Waals surface area contributed by atoms with E-state index in [4.69, 9.17) is 9.15 Å². The van der Waals surface area contributed by atoms with Crippen molar-refractivity contribution in [3.8, 4) is 0 Å². The summed E-state index contributed by atoms with van der Waals surface area (Å²) in [7, 11) is 3.42. The fraction of sp³-hybridized carbons (Fsp3) is 0.643. The first-order valence-corrected chi connectivity index (χ1v) is 6.97. The van der Waals surface area contributed by atoms with Crippen LogP contribution in [0.2, 0.25) is 0 Å². The Morgan fingerprint density at radius 1 is 1.50 bits per heavy atom. The molecule has 6 heteroatoms. The number of likely N-dealkylation sites (N-methyl/N-ethyl adjacent to an activating group) is 1. The topological polar surface area (TPSA) is 58.0 Å². The van der Waals surface area contributed by atoms with E-state index >= 15 is 0 Å². The normalized spacial score (nSPS) is 16.6. The molecule has 1 aromatic rings. The van der Waals surface area contributed by atoms with Crippen LogP contribution >= 0.6 is 0 Å². The summed E-state index contributed by atoms with van der Waals surface area (Å²) in [5.74, 6) is 0.323. The standard InChI is InChI=1S/C14H23N3O3/c1-16(8-9-17-6-4-15-5-7-17)11-13-12(3-10-20-13)14(18)19-2/h3,10,15H,4-9,11H2,1-2H3. The van der Waals surface area contributed by atoms with Crippen LogP contribution in [0.5, 0.6) is 0 Å². The van der Waals surface area contributed by atoms with Gasteiger partial charge in [0.25, 0.3) is 0 Å². The fourth-order valence-corrected chi connectivity index (χ4v) is 2.33. The fourth-order valence-electron chi connectivity index (χ4n) is 2.33. The number of furan rings is 1. The van der Waals surface area contributed by atoms with E-state index in [0.717, 1.165) is 39.3 Å². The lowest BCUT2D eigenvalue weighted by atomic mass is 10.2. The third kappa shape index (κ3) is 4.06. The second-order valence-electron chi connectivity index (χ2n) is 5.08. The number of hydrogen-bond donors (Lipinski definition) is 1. The smallest absolute Gasteiger partial charge is 0.341 e. The van der Waals surface area contributed by atoms with Gasteiger partial charge in [0.1, 0.15) is 11.3 Å². The van der Waals surface area contributed by atoms with E-state index in [2.05, 4.69) is 15.1 Å². The third-order valence-electron chi connectivity index (χ3n) is 3.57. The number of methoxy groups -OCH3 is 1. The number of nitrogens with zero attached hydrogens (tertiary/aromatic N) is 2. The predicted molar refractivity (Wildman–Crippen MR) is 75.7 cm³/mol. The maximum absolute atomic E-state index is 11.6. The Balaban J connectivity index is 1.80. The summed E-state index contributed by atoms with van der Waals surface area (Å²) in [6, 6.07) is 1.66. The minimum Gasteiger partial charge on any atom is -0.467 e. The molecule has 2 heterocycles. The molecule has 1 saturated heterocycles. The molecule has 1 aliphatic heterocycles. The van der Waals surface area contributed by atoms with Crippen molar-refractivity contribution >= 4 is 5.97 Å². The van der Waals surface area contributed by atoms with Crippen LogP contribution in [0.4, 0.5) is 0 Å². The molecular weight excluding hydrogens is 258 g/mol. The van der Waals surface area contributed by atoms with Gasteiger partial charge in [0.2, 0.25) is 0 Å². The van der Waals surface area contributed by atoms with Crippen LogP contribution < -0.4 is 5.32 Å². The van der Waals surface area contributed by atoms with Gasteiger partial charge in [-0.3, -0.25) is 9.80 Å². The van der Waals surface area contributed by atoms with Crippen LogP contribution in [-0.2, 0) is 11.3 Å². The second-order valence-corrected chi connectivity index (χ2v) is 5.08. The van der Waals surface area contributed by atoms with Crippen LogP contribution in [-0.4, -0.2) is 69.2 Å². The molecule has 1 N–H and O–H groups in total. The van der Waals surface area contributed by atoms with Gasteiger partial charge in [-0.2, -0.15) is 0 Å². The van der Waals surface area contributed by atoms with E-state index in [1.165, 1.54) is 13.4 Å². The minimum atomic E-state index is -0.343. The molecule has 1 aliphatic rings. The lowest BCUT2D eigenvalue weighted by Crippen LogP contribution is -2.45. The quantitative estimate of drug-likeness (QED) is 0.762.